The summed E-state index contributed by atoms with van der Waals surface area (Å²) in [5, 5.41) is 10.2. The van der Waals surface area contributed by atoms with Crippen LogP contribution in [0.4, 0.5) is 0 Å². The van der Waals surface area contributed by atoms with Gasteiger partial charge in [0, 0.05) is 6.26 Å². The van der Waals surface area contributed by atoms with Crippen LogP contribution in [-0.4, -0.2) is 25.5 Å². The van der Waals surface area contributed by atoms with Crippen molar-refractivity contribution in [3.63, 3.8) is 0 Å². The molecule has 1 rings (SSSR count). The van der Waals surface area contributed by atoms with Crippen molar-refractivity contribution in [1.29, 1.82) is 0 Å². The van der Waals surface area contributed by atoms with Gasteiger partial charge in [-0.1, -0.05) is 31.2 Å². The van der Waals surface area contributed by atoms with Crippen molar-refractivity contribution in [2.75, 3.05) is 12.0 Å². The third-order valence-corrected chi connectivity index (χ3v) is 3.89. The van der Waals surface area contributed by atoms with Crippen molar-refractivity contribution in [2.45, 2.75) is 32.3 Å². The van der Waals surface area contributed by atoms with E-state index in [0.717, 1.165) is 12.0 Å². The van der Waals surface area contributed by atoms with Crippen LogP contribution in [0.25, 0.3) is 0 Å². The maximum atomic E-state index is 11.1. The van der Waals surface area contributed by atoms with Gasteiger partial charge in [-0.15, -0.1) is 0 Å². The minimum atomic E-state index is -3.04. The van der Waals surface area contributed by atoms with Crippen molar-refractivity contribution in [3.8, 4) is 0 Å². The first-order valence-corrected chi connectivity index (χ1v) is 7.80. The van der Waals surface area contributed by atoms with E-state index in [1.54, 1.807) is 6.92 Å². The number of sulfone groups is 1. The molecule has 1 unspecified atom stereocenters. The van der Waals surface area contributed by atoms with Gasteiger partial charge < -0.3 is 5.11 Å². The van der Waals surface area contributed by atoms with E-state index < -0.39 is 15.4 Å². The molecule has 0 saturated carbocycles. The van der Waals surface area contributed by atoms with Crippen LogP contribution in [0, 0.1) is 0 Å². The van der Waals surface area contributed by atoms with E-state index in [1.807, 2.05) is 24.3 Å². The monoisotopic (exact) mass is 256 g/mol. The molecule has 17 heavy (non-hydrogen) atoms. The van der Waals surface area contributed by atoms with Gasteiger partial charge in [0.2, 0.25) is 0 Å². The quantitative estimate of drug-likeness (QED) is 0.875. The molecule has 0 bridgehead atoms. The fourth-order valence-electron chi connectivity index (χ4n) is 1.63. The van der Waals surface area contributed by atoms with E-state index in [9.17, 15) is 13.5 Å². The highest BCUT2D eigenvalue weighted by Crippen LogP contribution is 2.25. The number of benzene rings is 1. The van der Waals surface area contributed by atoms with E-state index in [-0.39, 0.29) is 12.2 Å². The summed E-state index contributed by atoms with van der Waals surface area (Å²) in [7, 11) is -3.04. The average Bonchev–Trinajstić information content (AvgIpc) is 2.26. The Balaban J connectivity index is 2.81. The fourth-order valence-corrected chi connectivity index (χ4v) is 2.40. The Morgan fingerprint density at radius 2 is 1.76 bits per heavy atom. The summed E-state index contributed by atoms with van der Waals surface area (Å²) in [5.74, 6) is -0.00444. The van der Waals surface area contributed by atoms with Crippen LogP contribution in [-0.2, 0) is 21.9 Å². The minimum Gasteiger partial charge on any atom is -0.385 e. The van der Waals surface area contributed by atoms with E-state index in [2.05, 4.69) is 6.92 Å². The highest BCUT2D eigenvalue weighted by Gasteiger charge is 2.24. The first kappa shape index (κ1) is 14.2. The maximum absolute atomic E-state index is 11.1. The molecule has 0 spiro atoms. The fraction of sp³-hybridized carbons (Fsp3) is 0.538. The highest BCUT2D eigenvalue weighted by molar-refractivity contribution is 7.90. The molecule has 1 aromatic rings. The Labute approximate surface area is 103 Å². The summed E-state index contributed by atoms with van der Waals surface area (Å²) in [6.45, 7) is 3.72. The van der Waals surface area contributed by atoms with Crippen molar-refractivity contribution < 1.29 is 13.5 Å². The molecule has 4 heteroatoms. The van der Waals surface area contributed by atoms with Gasteiger partial charge >= 0.3 is 0 Å². The lowest BCUT2D eigenvalue weighted by atomic mass is 9.92. The lowest BCUT2D eigenvalue weighted by Gasteiger charge is -2.23. The summed E-state index contributed by atoms with van der Waals surface area (Å²) in [6, 6.07) is 7.65. The molecular weight excluding hydrogens is 236 g/mol. The molecule has 0 heterocycles. The van der Waals surface area contributed by atoms with Gasteiger partial charge in [0.25, 0.3) is 0 Å². The summed E-state index contributed by atoms with van der Waals surface area (Å²) in [6.07, 6.45) is 2.35. The van der Waals surface area contributed by atoms with Crippen LogP contribution in [0.15, 0.2) is 24.3 Å². The normalized spacial score (nSPS) is 15.5. The largest absolute Gasteiger partial charge is 0.385 e. The first-order chi connectivity index (χ1) is 7.74. The van der Waals surface area contributed by atoms with Crippen molar-refractivity contribution >= 4 is 9.84 Å². The predicted octanol–water partition coefficient (Wildman–Crippen LogP) is 1.89. The van der Waals surface area contributed by atoms with Crippen LogP contribution in [0.2, 0.25) is 0 Å². The molecule has 1 aromatic carbocycles. The second-order valence-corrected chi connectivity index (χ2v) is 6.96. The molecule has 3 nitrogen and oxygen atoms in total. The molecule has 0 aromatic heterocycles. The number of hydrogen-bond acceptors (Lipinski definition) is 3. The molecule has 0 amide bonds. The lowest BCUT2D eigenvalue weighted by molar-refractivity contribution is 0.0539. The van der Waals surface area contributed by atoms with E-state index in [1.165, 1.54) is 11.8 Å². The molecule has 0 fully saturated rings. The zero-order valence-electron chi connectivity index (χ0n) is 10.6. The second-order valence-electron chi connectivity index (χ2n) is 4.70. The van der Waals surface area contributed by atoms with Gasteiger partial charge in [-0.05, 0) is 30.9 Å². The summed E-state index contributed by atoms with van der Waals surface area (Å²) in [5.41, 5.74) is 0.876. The molecule has 0 radical (unpaired) electrons. The van der Waals surface area contributed by atoms with Crippen LogP contribution >= 0.6 is 0 Å². The second kappa shape index (κ2) is 5.19. The van der Waals surface area contributed by atoms with Gasteiger partial charge in [0.05, 0.1) is 11.4 Å². The van der Waals surface area contributed by atoms with Crippen LogP contribution < -0.4 is 0 Å². The van der Waals surface area contributed by atoms with Crippen LogP contribution in [0.5, 0.6) is 0 Å². The van der Waals surface area contributed by atoms with E-state index in [0.29, 0.717) is 0 Å². The molecule has 0 aliphatic rings. The third kappa shape index (κ3) is 4.48. The average molecular weight is 256 g/mol. The maximum Gasteiger partial charge on any atom is 0.147 e. The van der Waals surface area contributed by atoms with Crippen molar-refractivity contribution in [3.05, 3.63) is 35.4 Å². The predicted molar refractivity (Wildman–Crippen MR) is 69.7 cm³/mol. The number of aryl methyl sites for hydroxylation is 1. The van der Waals surface area contributed by atoms with Crippen LogP contribution in [0.1, 0.15) is 31.4 Å². The third-order valence-electron chi connectivity index (χ3n) is 2.94. The van der Waals surface area contributed by atoms with Gasteiger partial charge in [-0.3, -0.25) is 0 Å². The van der Waals surface area contributed by atoms with Gasteiger partial charge in [-0.25, -0.2) is 8.42 Å². The Morgan fingerprint density at radius 1 is 1.24 bits per heavy atom. The van der Waals surface area contributed by atoms with Crippen LogP contribution in [0.3, 0.4) is 0 Å². The van der Waals surface area contributed by atoms with Crippen molar-refractivity contribution in [2.24, 2.45) is 0 Å². The van der Waals surface area contributed by atoms with E-state index >= 15 is 0 Å². The summed E-state index contributed by atoms with van der Waals surface area (Å²) >= 11 is 0. The molecule has 0 aliphatic carbocycles. The summed E-state index contributed by atoms with van der Waals surface area (Å²) in [4.78, 5) is 0. The number of hydrogen-bond donors (Lipinski definition) is 1. The molecule has 1 N–H and O–H groups in total. The smallest absolute Gasteiger partial charge is 0.147 e. The molecule has 1 atom stereocenters. The molecular formula is C13H20O3S. The highest BCUT2D eigenvalue weighted by atomic mass is 32.2. The Morgan fingerprint density at radius 3 is 2.18 bits per heavy atom. The van der Waals surface area contributed by atoms with Gasteiger partial charge in [0.1, 0.15) is 9.84 Å². The Kier molecular flexibility index (Phi) is 4.33. The standard InChI is InChI=1S/C13H20O3S/c1-4-11-5-7-12(8-6-11)13(2,14)9-10-17(3,15)16/h5-8,14H,4,9-10H2,1-3H3. The van der Waals surface area contributed by atoms with Crippen molar-refractivity contribution in [1.82, 2.24) is 0 Å². The zero-order valence-corrected chi connectivity index (χ0v) is 11.4. The number of rotatable bonds is 5. The first-order valence-electron chi connectivity index (χ1n) is 5.74. The topological polar surface area (TPSA) is 54.4 Å². The number of aliphatic hydroxyl groups is 1. The Hall–Kier alpha value is -0.870. The molecule has 0 saturated heterocycles. The molecule has 0 aliphatic heterocycles. The minimum absolute atomic E-state index is 0.00444. The van der Waals surface area contributed by atoms with Gasteiger partial charge in [-0.2, -0.15) is 0 Å². The Bertz CT molecular complexity index is 458. The molecule has 96 valence electrons. The SMILES string of the molecule is CCc1ccc(C(C)(O)CCS(C)(=O)=O)cc1. The van der Waals surface area contributed by atoms with E-state index in [4.69, 9.17) is 0 Å². The lowest BCUT2D eigenvalue weighted by Crippen LogP contribution is -2.24. The van der Waals surface area contributed by atoms with Gasteiger partial charge in [0.15, 0.2) is 0 Å². The zero-order chi connectivity index (χ0) is 13.1. The summed E-state index contributed by atoms with van der Waals surface area (Å²) < 4.78 is 22.2.